The van der Waals surface area contributed by atoms with Crippen molar-refractivity contribution in [2.45, 2.75) is 33.4 Å². The Balaban J connectivity index is 2.13. The minimum Gasteiger partial charge on any atom is -0.353 e. The van der Waals surface area contributed by atoms with E-state index in [2.05, 4.69) is 59.9 Å². The second-order valence-electron chi connectivity index (χ2n) is 4.66. The van der Waals surface area contributed by atoms with Gasteiger partial charge in [-0.3, -0.25) is 0 Å². The molecule has 90 valence electrons. The van der Waals surface area contributed by atoms with Crippen LogP contribution in [0.3, 0.4) is 0 Å². The van der Waals surface area contributed by atoms with E-state index in [9.17, 15) is 0 Å². The molecule has 1 N–H and O–H groups in total. The highest BCUT2D eigenvalue weighted by Gasteiger charge is 2.04. The first-order valence-electron chi connectivity index (χ1n) is 5.98. The lowest BCUT2D eigenvalue weighted by atomic mass is 10.1. The smallest absolute Gasteiger partial charge is 0.203 e. The van der Waals surface area contributed by atoms with Gasteiger partial charge < -0.3 is 9.88 Å². The zero-order valence-corrected chi connectivity index (χ0v) is 10.6. The minimum absolute atomic E-state index is 0.397. The van der Waals surface area contributed by atoms with Crippen LogP contribution in [0.1, 0.15) is 25.0 Å². The normalized spacial score (nSPS) is 10.8. The Morgan fingerprint density at radius 2 is 1.94 bits per heavy atom. The van der Waals surface area contributed by atoms with Crippen LogP contribution in [0.4, 0.5) is 5.95 Å². The molecule has 0 aliphatic rings. The van der Waals surface area contributed by atoms with Crippen molar-refractivity contribution in [3.63, 3.8) is 0 Å². The predicted molar refractivity (Wildman–Crippen MR) is 71.3 cm³/mol. The van der Waals surface area contributed by atoms with Crippen LogP contribution in [0.5, 0.6) is 0 Å². The predicted octanol–water partition coefficient (Wildman–Crippen LogP) is 3.06. The zero-order chi connectivity index (χ0) is 12.3. The van der Waals surface area contributed by atoms with Crippen LogP contribution in [-0.4, -0.2) is 15.6 Å². The molecule has 0 bridgehead atoms. The van der Waals surface area contributed by atoms with Gasteiger partial charge in [0.1, 0.15) is 0 Å². The van der Waals surface area contributed by atoms with E-state index in [4.69, 9.17) is 0 Å². The van der Waals surface area contributed by atoms with Gasteiger partial charge in [0, 0.05) is 18.4 Å². The maximum absolute atomic E-state index is 4.32. The quantitative estimate of drug-likeness (QED) is 0.873. The molecule has 0 unspecified atom stereocenters. The number of nitrogens with zero attached hydrogens (tertiary/aromatic N) is 2. The van der Waals surface area contributed by atoms with E-state index in [1.54, 1.807) is 0 Å². The molecular formula is C14H19N3. The van der Waals surface area contributed by atoms with Crippen LogP contribution in [-0.2, 0) is 6.54 Å². The molecule has 3 heteroatoms. The monoisotopic (exact) mass is 229 g/mol. The third kappa shape index (κ3) is 3.09. The summed E-state index contributed by atoms with van der Waals surface area (Å²) in [6.07, 6.45) is 3.84. The van der Waals surface area contributed by atoms with E-state index in [1.807, 2.05) is 12.4 Å². The Labute approximate surface area is 103 Å². The minimum atomic E-state index is 0.397. The lowest BCUT2D eigenvalue weighted by molar-refractivity contribution is 0.774. The van der Waals surface area contributed by atoms with Crippen LogP contribution in [0.15, 0.2) is 36.7 Å². The molecule has 1 aromatic heterocycles. The van der Waals surface area contributed by atoms with Gasteiger partial charge in [-0.25, -0.2) is 4.98 Å². The number of anilines is 1. The largest absolute Gasteiger partial charge is 0.353 e. The summed E-state index contributed by atoms with van der Waals surface area (Å²) in [4.78, 5) is 4.32. The van der Waals surface area contributed by atoms with Gasteiger partial charge in [-0.15, -0.1) is 0 Å². The molecule has 2 rings (SSSR count). The topological polar surface area (TPSA) is 29.9 Å². The van der Waals surface area contributed by atoms with Crippen molar-refractivity contribution >= 4 is 5.95 Å². The van der Waals surface area contributed by atoms with Crippen LogP contribution in [0.25, 0.3) is 0 Å². The summed E-state index contributed by atoms with van der Waals surface area (Å²) < 4.78 is 2.13. The number of benzene rings is 1. The average Bonchev–Trinajstić information content (AvgIpc) is 2.68. The number of rotatable bonds is 4. The number of hydrogen-bond acceptors (Lipinski definition) is 2. The molecule has 0 aliphatic heterocycles. The van der Waals surface area contributed by atoms with Gasteiger partial charge in [-0.05, 0) is 26.3 Å². The van der Waals surface area contributed by atoms with Gasteiger partial charge in [-0.1, -0.05) is 29.8 Å². The molecule has 0 spiro atoms. The maximum Gasteiger partial charge on any atom is 0.203 e. The fourth-order valence-corrected chi connectivity index (χ4v) is 1.73. The number of aryl methyl sites for hydroxylation is 1. The Bertz CT molecular complexity index is 468. The van der Waals surface area contributed by atoms with Crippen LogP contribution in [0.2, 0.25) is 0 Å². The molecule has 0 fully saturated rings. The summed E-state index contributed by atoms with van der Waals surface area (Å²) in [6.45, 7) is 7.19. The first-order chi connectivity index (χ1) is 8.15. The van der Waals surface area contributed by atoms with Gasteiger partial charge in [-0.2, -0.15) is 0 Å². The van der Waals surface area contributed by atoms with Crippen LogP contribution in [0, 0.1) is 6.92 Å². The molecule has 0 aliphatic carbocycles. The first kappa shape index (κ1) is 11.7. The second kappa shape index (κ2) is 5.04. The van der Waals surface area contributed by atoms with E-state index >= 15 is 0 Å². The number of aromatic nitrogens is 2. The molecule has 0 amide bonds. The summed E-state index contributed by atoms with van der Waals surface area (Å²) in [7, 11) is 0. The Morgan fingerprint density at radius 3 is 2.59 bits per heavy atom. The lowest BCUT2D eigenvalue weighted by Gasteiger charge is -2.12. The van der Waals surface area contributed by atoms with E-state index < -0.39 is 0 Å². The van der Waals surface area contributed by atoms with E-state index in [1.165, 1.54) is 11.1 Å². The van der Waals surface area contributed by atoms with Gasteiger partial charge in [0.05, 0.1) is 6.54 Å². The highest BCUT2D eigenvalue weighted by molar-refractivity contribution is 5.29. The molecule has 1 aromatic carbocycles. The highest BCUT2D eigenvalue weighted by Crippen LogP contribution is 2.11. The Morgan fingerprint density at radius 1 is 1.24 bits per heavy atom. The third-order valence-electron chi connectivity index (χ3n) is 2.61. The molecule has 3 nitrogen and oxygen atoms in total. The molecule has 0 saturated heterocycles. The lowest BCUT2D eigenvalue weighted by Crippen LogP contribution is -2.14. The van der Waals surface area contributed by atoms with Gasteiger partial charge in [0.2, 0.25) is 5.95 Å². The molecule has 0 radical (unpaired) electrons. The first-order valence-corrected chi connectivity index (χ1v) is 5.98. The highest BCUT2D eigenvalue weighted by atomic mass is 15.2. The number of hydrogen-bond donors (Lipinski definition) is 1. The maximum atomic E-state index is 4.32. The molecule has 2 aromatic rings. The summed E-state index contributed by atoms with van der Waals surface area (Å²) in [5, 5.41) is 3.34. The van der Waals surface area contributed by atoms with Crippen molar-refractivity contribution in [1.29, 1.82) is 0 Å². The van der Waals surface area contributed by atoms with Crippen molar-refractivity contribution in [3.05, 3.63) is 47.8 Å². The van der Waals surface area contributed by atoms with Crippen LogP contribution >= 0.6 is 0 Å². The van der Waals surface area contributed by atoms with Gasteiger partial charge >= 0.3 is 0 Å². The summed E-state index contributed by atoms with van der Waals surface area (Å²) in [6, 6.07) is 9.00. The summed E-state index contributed by atoms with van der Waals surface area (Å²) in [5.41, 5.74) is 2.58. The SMILES string of the molecule is Cc1ccc(Cn2ccnc2NC(C)C)cc1. The van der Waals surface area contributed by atoms with E-state index in [-0.39, 0.29) is 0 Å². The Kier molecular flexibility index (Phi) is 3.47. The van der Waals surface area contributed by atoms with Crippen LogP contribution < -0.4 is 5.32 Å². The summed E-state index contributed by atoms with van der Waals surface area (Å²) >= 11 is 0. The van der Waals surface area contributed by atoms with E-state index in [0.717, 1.165) is 12.5 Å². The van der Waals surface area contributed by atoms with E-state index in [0.29, 0.717) is 6.04 Å². The van der Waals surface area contributed by atoms with Crippen molar-refractivity contribution in [1.82, 2.24) is 9.55 Å². The zero-order valence-electron chi connectivity index (χ0n) is 10.6. The van der Waals surface area contributed by atoms with Crippen molar-refractivity contribution < 1.29 is 0 Å². The molecule has 1 heterocycles. The third-order valence-corrected chi connectivity index (χ3v) is 2.61. The fourth-order valence-electron chi connectivity index (χ4n) is 1.73. The van der Waals surface area contributed by atoms with Crippen molar-refractivity contribution in [2.24, 2.45) is 0 Å². The van der Waals surface area contributed by atoms with Gasteiger partial charge in [0.15, 0.2) is 0 Å². The molecule has 0 saturated carbocycles. The standard InChI is InChI=1S/C14H19N3/c1-11(2)16-14-15-8-9-17(14)10-13-6-4-12(3)5-7-13/h4-9,11H,10H2,1-3H3,(H,15,16). The van der Waals surface area contributed by atoms with Crippen molar-refractivity contribution in [2.75, 3.05) is 5.32 Å². The van der Waals surface area contributed by atoms with Crippen molar-refractivity contribution in [3.8, 4) is 0 Å². The summed E-state index contributed by atoms with van der Waals surface area (Å²) in [5.74, 6) is 0.931. The molecule has 17 heavy (non-hydrogen) atoms. The number of nitrogens with one attached hydrogen (secondary N) is 1. The number of imidazole rings is 1. The Hall–Kier alpha value is -1.77. The van der Waals surface area contributed by atoms with Gasteiger partial charge in [0.25, 0.3) is 0 Å². The second-order valence-corrected chi connectivity index (χ2v) is 4.66. The molecule has 0 atom stereocenters. The fraction of sp³-hybridized carbons (Fsp3) is 0.357. The average molecular weight is 229 g/mol. The molecular weight excluding hydrogens is 210 g/mol.